The number of carbonyl (C=O) groups is 4. The Morgan fingerprint density at radius 2 is 1.68 bits per heavy atom. The summed E-state index contributed by atoms with van der Waals surface area (Å²) in [6, 6.07) is 16.4. The average Bonchev–Trinajstić information content (AvgIpc) is 3.84. The number of thioether (sulfide) groups is 1. The Bertz CT molecular complexity index is 1900. The normalized spacial score (nSPS) is 20.6. The van der Waals surface area contributed by atoms with Crippen LogP contribution in [0.15, 0.2) is 65.0 Å². The Balaban J connectivity index is 0.894. The maximum absolute atomic E-state index is 14.1. The number of hydrogen-bond donors (Lipinski definition) is 4. The number of piperidine rings is 1. The van der Waals surface area contributed by atoms with Gasteiger partial charge < -0.3 is 36.2 Å². The molecule has 3 aromatic rings. The maximum atomic E-state index is 14.1. The molecule has 3 aliphatic heterocycles. The SMILES string of the molecule is Cc1ncsc1-c1ccc([C@H](C)NC(=O)[C@@H]2C[C@@H](O)CN2C(=O)C(NC(=O)CCCCC(=O)N2CCC3(CC2)CN(CCC(N)CSc2ccccc2)C3)C(C)(C)C)cc1. The van der Waals surface area contributed by atoms with Crippen LogP contribution in [0.5, 0.6) is 0 Å². The van der Waals surface area contributed by atoms with Gasteiger partial charge in [0.05, 0.1) is 28.2 Å². The van der Waals surface area contributed by atoms with Gasteiger partial charge in [0.15, 0.2) is 0 Å². The first-order valence-corrected chi connectivity index (χ1v) is 23.5. The van der Waals surface area contributed by atoms with Crippen LogP contribution >= 0.6 is 23.1 Å². The molecule has 6 rings (SSSR count). The summed E-state index contributed by atoms with van der Waals surface area (Å²) < 4.78 is 0. The second-order valence-corrected chi connectivity index (χ2v) is 20.3. The van der Waals surface area contributed by atoms with Gasteiger partial charge in [-0.2, -0.15) is 0 Å². The number of likely N-dealkylation sites (tertiary alicyclic amines) is 3. The molecule has 4 heterocycles. The van der Waals surface area contributed by atoms with E-state index in [9.17, 15) is 24.3 Å². The first-order valence-electron chi connectivity index (χ1n) is 21.6. The number of benzene rings is 2. The van der Waals surface area contributed by atoms with Crippen molar-refractivity contribution in [1.82, 2.24) is 30.3 Å². The highest BCUT2D eigenvalue weighted by Crippen LogP contribution is 2.41. The second-order valence-electron chi connectivity index (χ2n) is 18.4. The number of rotatable bonds is 17. The molecule has 1 aromatic heterocycles. The van der Waals surface area contributed by atoms with Crippen molar-refractivity contribution in [2.45, 2.75) is 121 Å². The van der Waals surface area contributed by atoms with Crippen LogP contribution in [-0.2, 0) is 19.2 Å². The van der Waals surface area contributed by atoms with Crippen molar-refractivity contribution in [2.75, 3.05) is 45.0 Å². The van der Waals surface area contributed by atoms with Crippen molar-refractivity contribution >= 4 is 46.7 Å². The van der Waals surface area contributed by atoms with Gasteiger partial charge in [-0.25, -0.2) is 4.98 Å². The van der Waals surface area contributed by atoms with E-state index in [0.717, 1.165) is 79.4 Å². The van der Waals surface area contributed by atoms with E-state index in [4.69, 9.17) is 5.73 Å². The fourth-order valence-corrected chi connectivity index (χ4v) is 10.5. The van der Waals surface area contributed by atoms with E-state index in [2.05, 4.69) is 44.8 Å². The standard InChI is InChI=1S/C46H65N7O5S2/c1-31(33-15-17-34(18-16-33)41-32(2)48-30-60-41)49-43(57)38-25-36(54)26-53(38)44(58)42(45(3,4)5)50-39(55)13-9-10-14-40(56)52-23-20-46(21-24-52)28-51(29-46)22-19-35(47)27-59-37-11-7-6-8-12-37/h6-8,11-12,15-18,30-31,35-36,38,42,54H,9-10,13-14,19-29,47H2,1-5H3,(H,49,57)(H,50,55)/t31-,35?,36+,38-,42?/m0/s1. The third kappa shape index (κ3) is 12.0. The Morgan fingerprint density at radius 1 is 1.00 bits per heavy atom. The lowest BCUT2D eigenvalue weighted by Crippen LogP contribution is -2.61. The molecule has 2 unspecified atom stereocenters. The maximum Gasteiger partial charge on any atom is 0.246 e. The zero-order valence-electron chi connectivity index (χ0n) is 36.0. The predicted octanol–water partition coefficient (Wildman–Crippen LogP) is 5.78. The number of nitrogens with zero attached hydrogens (tertiary/aromatic N) is 4. The highest BCUT2D eigenvalue weighted by atomic mass is 32.2. The Morgan fingerprint density at radius 3 is 2.33 bits per heavy atom. The lowest BCUT2D eigenvalue weighted by atomic mass is 9.72. The van der Waals surface area contributed by atoms with Crippen LogP contribution in [0.2, 0.25) is 0 Å². The summed E-state index contributed by atoms with van der Waals surface area (Å²) in [5.41, 5.74) is 10.8. The van der Waals surface area contributed by atoms with Crippen LogP contribution in [0, 0.1) is 17.8 Å². The summed E-state index contributed by atoms with van der Waals surface area (Å²) in [5.74, 6) is 0.0504. The van der Waals surface area contributed by atoms with E-state index in [-0.39, 0.29) is 49.2 Å². The molecular weight excluding hydrogens is 795 g/mol. The third-order valence-electron chi connectivity index (χ3n) is 12.4. The van der Waals surface area contributed by atoms with Gasteiger partial charge in [-0.1, -0.05) is 63.2 Å². The fourth-order valence-electron chi connectivity index (χ4n) is 8.73. The van der Waals surface area contributed by atoms with Crippen LogP contribution < -0.4 is 16.4 Å². The topological polar surface area (TPSA) is 161 Å². The molecule has 5 N–H and O–H groups in total. The van der Waals surface area contributed by atoms with Crippen molar-refractivity contribution < 1.29 is 24.3 Å². The van der Waals surface area contributed by atoms with Gasteiger partial charge in [0.25, 0.3) is 0 Å². The quantitative estimate of drug-likeness (QED) is 0.0975. The number of nitrogens with one attached hydrogen (secondary N) is 2. The minimum absolute atomic E-state index is 0.0121. The van der Waals surface area contributed by atoms with Crippen LogP contribution in [0.1, 0.15) is 96.4 Å². The van der Waals surface area contributed by atoms with E-state index < -0.39 is 29.5 Å². The summed E-state index contributed by atoms with van der Waals surface area (Å²) in [6.45, 7) is 14.2. The number of thiazole rings is 1. The molecule has 3 aliphatic rings. The molecule has 60 heavy (non-hydrogen) atoms. The van der Waals surface area contributed by atoms with Crippen molar-refractivity contribution in [3.05, 3.63) is 71.4 Å². The number of aryl methyl sites for hydroxylation is 1. The Hall–Kier alpha value is -3.82. The molecule has 1 spiro atoms. The number of aliphatic hydroxyl groups is 1. The van der Waals surface area contributed by atoms with Gasteiger partial charge in [-0.15, -0.1) is 23.1 Å². The van der Waals surface area contributed by atoms with Crippen molar-refractivity contribution in [3.8, 4) is 10.4 Å². The molecule has 3 fully saturated rings. The van der Waals surface area contributed by atoms with Crippen LogP contribution in [0.4, 0.5) is 0 Å². The van der Waals surface area contributed by atoms with Crippen LogP contribution in [0.3, 0.4) is 0 Å². The number of hydrogen-bond acceptors (Lipinski definition) is 10. The summed E-state index contributed by atoms with van der Waals surface area (Å²) in [5, 5.41) is 16.6. The van der Waals surface area contributed by atoms with E-state index in [1.54, 1.807) is 11.3 Å². The molecule has 0 aliphatic carbocycles. The number of β-amino-alcohol motifs (C(OH)–C–C–N with tert-alkyl or cyclic N) is 1. The van der Waals surface area contributed by atoms with Crippen molar-refractivity contribution in [1.29, 1.82) is 0 Å². The smallest absolute Gasteiger partial charge is 0.246 e. The van der Waals surface area contributed by atoms with E-state index in [0.29, 0.717) is 24.7 Å². The minimum Gasteiger partial charge on any atom is -0.391 e. The summed E-state index contributed by atoms with van der Waals surface area (Å²) in [4.78, 5) is 66.7. The number of unbranched alkanes of at least 4 members (excludes halogenated alkanes) is 1. The van der Waals surface area contributed by atoms with Crippen molar-refractivity contribution in [2.24, 2.45) is 16.6 Å². The summed E-state index contributed by atoms with van der Waals surface area (Å²) in [6.07, 6.45) is 3.99. The van der Waals surface area contributed by atoms with Crippen LogP contribution in [0.25, 0.3) is 10.4 Å². The van der Waals surface area contributed by atoms with Crippen molar-refractivity contribution in [3.63, 3.8) is 0 Å². The lowest BCUT2D eigenvalue weighted by Gasteiger charge is -2.54. The highest BCUT2D eigenvalue weighted by molar-refractivity contribution is 7.99. The molecule has 326 valence electrons. The van der Waals surface area contributed by atoms with Gasteiger partial charge in [-0.3, -0.25) is 19.2 Å². The highest BCUT2D eigenvalue weighted by Gasteiger charge is 2.46. The van der Waals surface area contributed by atoms with Gasteiger partial charge in [-0.05, 0) is 86.6 Å². The zero-order chi connectivity index (χ0) is 43.0. The Labute approximate surface area is 364 Å². The zero-order valence-corrected chi connectivity index (χ0v) is 37.7. The minimum atomic E-state index is -0.897. The average molecular weight is 860 g/mol. The van der Waals surface area contributed by atoms with E-state index in [1.165, 1.54) is 9.80 Å². The first kappa shape index (κ1) is 45.7. The molecule has 0 radical (unpaired) electrons. The molecule has 0 saturated carbocycles. The predicted molar refractivity (Wildman–Crippen MR) is 239 cm³/mol. The molecule has 0 bridgehead atoms. The first-order chi connectivity index (χ1) is 28.6. The number of amides is 4. The molecular formula is C46H65N7O5S2. The largest absolute Gasteiger partial charge is 0.391 e. The number of aliphatic hydroxyl groups excluding tert-OH is 1. The lowest BCUT2D eigenvalue weighted by molar-refractivity contribution is -0.144. The van der Waals surface area contributed by atoms with E-state index >= 15 is 0 Å². The molecule has 4 amide bonds. The number of nitrogens with two attached hydrogens (primary N) is 1. The number of carbonyl (C=O) groups excluding carboxylic acids is 4. The van der Waals surface area contributed by atoms with E-state index in [1.807, 2.05) is 87.1 Å². The molecule has 2 aromatic carbocycles. The molecule has 12 nitrogen and oxygen atoms in total. The van der Waals surface area contributed by atoms with Gasteiger partial charge in [0, 0.05) is 68.7 Å². The third-order valence-corrected chi connectivity index (χ3v) is 14.6. The number of aromatic nitrogens is 1. The second kappa shape index (κ2) is 20.4. The van der Waals surface area contributed by atoms with Gasteiger partial charge in [0.1, 0.15) is 12.1 Å². The Kier molecular flexibility index (Phi) is 15.5. The fraction of sp³-hybridized carbons (Fsp3) is 0.587. The van der Waals surface area contributed by atoms with Crippen LogP contribution in [-0.4, -0.2) is 118 Å². The summed E-state index contributed by atoms with van der Waals surface area (Å²) >= 11 is 3.40. The molecule has 14 heteroatoms. The molecule has 3 saturated heterocycles. The summed E-state index contributed by atoms with van der Waals surface area (Å²) in [7, 11) is 0. The van der Waals surface area contributed by atoms with Gasteiger partial charge >= 0.3 is 0 Å². The monoisotopic (exact) mass is 859 g/mol. The van der Waals surface area contributed by atoms with Gasteiger partial charge in [0.2, 0.25) is 23.6 Å². The molecule has 5 atom stereocenters.